The summed E-state index contributed by atoms with van der Waals surface area (Å²) >= 11 is 0. The number of pyridine rings is 1. The highest BCUT2D eigenvalue weighted by Gasteiger charge is 2.37. The lowest BCUT2D eigenvalue weighted by molar-refractivity contribution is -0.170. The summed E-state index contributed by atoms with van der Waals surface area (Å²) < 4.78 is 5.92. The summed E-state index contributed by atoms with van der Waals surface area (Å²) in [5.41, 5.74) is 0. The van der Waals surface area contributed by atoms with Crippen LogP contribution in [0.1, 0.15) is 79.1 Å². The Labute approximate surface area is 215 Å². The summed E-state index contributed by atoms with van der Waals surface area (Å²) in [5.74, 6) is -0.469. The Morgan fingerprint density at radius 3 is 2.50 bits per heavy atom. The van der Waals surface area contributed by atoms with Crippen molar-refractivity contribution in [2.24, 2.45) is 17.8 Å². The predicted molar refractivity (Wildman–Crippen MR) is 138 cm³/mol. The minimum absolute atomic E-state index is 0.256. The molecular formula is C27H44N4O5. The number of hydroxylamine groups is 2. The van der Waals surface area contributed by atoms with Gasteiger partial charge >= 0.3 is 0 Å². The van der Waals surface area contributed by atoms with Crippen molar-refractivity contribution in [1.29, 1.82) is 0 Å². The standard InChI is InChI=1S/C27H44N4O5/c1-5-11-23(31(35)18-32)22(16-21-12-7-6-8-13-21)26(33)30-25(20(4)36-17-19(2)3)27(34)29-24-14-9-10-15-28-24/h9-10,14-15,18-23,25,35H,5-8,11-13,16-17H2,1-4H3,(H,30,33)(H,28,29,34)/t20-,22-,23+,25+/m1/s1. The minimum Gasteiger partial charge on any atom is -0.376 e. The Hall–Kier alpha value is -2.52. The second-order valence-electron chi connectivity index (χ2n) is 10.3. The number of aromatic nitrogens is 1. The maximum atomic E-state index is 13.7. The summed E-state index contributed by atoms with van der Waals surface area (Å²) in [6.07, 6.45) is 8.52. The van der Waals surface area contributed by atoms with Crippen molar-refractivity contribution in [1.82, 2.24) is 15.4 Å². The van der Waals surface area contributed by atoms with Gasteiger partial charge in [0.25, 0.3) is 5.91 Å². The van der Waals surface area contributed by atoms with Crippen LogP contribution in [0.2, 0.25) is 0 Å². The molecule has 3 N–H and O–H groups in total. The molecule has 4 atom stereocenters. The first-order chi connectivity index (χ1) is 17.3. The Bertz CT molecular complexity index is 801. The van der Waals surface area contributed by atoms with Gasteiger partial charge in [-0.25, -0.2) is 10.0 Å². The number of carbonyl (C=O) groups is 3. The molecule has 202 valence electrons. The molecule has 0 unspecified atom stereocenters. The third-order valence-corrected chi connectivity index (χ3v) is 6.80. The third kappa shape index (κ3) is 9.50. The fourth-order valence-corrected chi connectivity index (χ4v) is 4.85. The van der Waals surface area contributed by atoms with Crippen molar-refractivity contribution in [2.45, 2.75) is 97.2 Å². The van der Waals surface area contributed by atoms with Crippen LogP contribution in [0.5, 0.6) is 0 Å². The van der Waals surface area contributed by atoms with E-state index in [-0.39, 0.29) is 11.8 Å². The SMILES string of the molecule is CCC[C@@H]([C@@H](CC1CCCCC1)C(=O)N[C@H](C(=O)Nc1ccccn1)[C@@H](C)OCC(C)C)N(O)C=O. The van der Waals surface area contributed by atoms with Crippen molar-refractivity contribution in [3.63, 3.8) is 0 Å². The molecule has 0 saturated heterocycles. The number of amides is 3. The highest BCUT2D eigenvalue weighted by molar-refractivity contribution is 5.97. The van der Waals surface area contributed by atoms with Gasteiger partial charge < -0.3 is 15.4 Å². The van der Waals surface area contributed by atoms with Crippen molar-refractivity contribution < 1.29 is 24.3 Å². The van der Waals surface area contributed by atoms with E-state index in [0.29, 0.717) is 49.1 Å². The number of rotatable bonds is 15. The van der Waals surface area contributed by atoms with Gasteiger partial charge in [0.2, 0.25) is 12.3 Å². The van der Waals surface area contributed by atoms with Crippen LogP contribution < -0.4 is 10.6 Å². The molecule has 2 rings (SSSR count). The molecule has 9 heteroatoms. The summed E-state index contributed by atoms with van der Waals surface area (Å²) in [6, 6.07) is 3.55. The summed E-state index contributed by atoms with van der Waals surface area (Å²) in [5, 5.41) is 16.7. The number of nitrogens with zero attached hydrogens (tertiary/aromatic N) is 2. The van der Waals surface area contributed by atoms with Gasteiger partial charge in [-0.15, -0.1) is 0 Å². The van der Waals surface area contributed by atoms with Crippen LogP contribution in [-0.4, -0.2) is 58.3 Å². The lowest BCUT2D eigenvalue weighted by Gasteiger charge is -2.35. The van der Waals surface area contributed by atoms with Crippen molar-refractivity contribution in [3.05, 3.63) is 24.4 Å². The number of anilines is 1. The zero-order valence-electron chi connectivity index (χ0n) is 22.2. The van der Waals surface area contributed by atoms with Gasteiger partial charge in [0.1, 0.15) is 11.9 Å². The quantitative estimate of drug-likeness (QED) is 0.187. The molecule has 9 nitrogen and oxygen atoms in total. The van der Waals surface area contributed by atoms with Crippen LogP contribution >= 0.6 is 0 Å². The first-order valence-corrected chi connectivity index (χ1v) is 13.3. The normalized spacial score (nSPS) is 17.6. The average Bonchev–Trinajstić information content (AvgIpc) is 2.88. The van der Waals surface area contributed by atoms with Crippen LogP contribution in [0.3, 0.4) is 0 Å². The van der Waals surface area contributed by atoms with E-state index in [0.717, 1.165) is 25.7 Å². The molecule has 1 aliphatic carbocycles. The first-order valence-electron chi connectivity index (χ1n) is 13.3. The largest absolute Gasteiger partial charge is 0.376 e. The topological polar surface area (TPSA) is 121 Å². The Kier molecular flexibility index (Phi) is 12.8. The van der Waals surface area contributed by atoms with Crippen LogP contribution in [0.4, 0.5) is 5.82 Å². The second kappa shape index (κ2) is 15.6. The fourth-order valence-electron chi connectivity index (χ4n) is 4.85. The van der Waals surface area contributed by atoms with E-state index in [1.165, 1.54) is 6.42 Å². The maximum absolute atomic E-state index is 13.7. The molecule has 0 spiro atoms. The van der Waals surface area contributed by atoms with Crippen LogP contribution in [0.25, 0.3) is 0 Å². The van der Waals surface area contributed by atoms with Crippen LogP contribution in [-0.2, 0) is 19.1 Å². The summed E-state index contributed by atoms with van der Waals surface area (Å²) in [6.45, 7) is 8.17. The summed E-state index contributed by atoms with van der Waals surface area (Å²) in [7, 11) is 0. The zero-order valence-corrected chi connectivity index (χ0v) is 22.2. The smallest absolute Gasteiger partial charge is 0.250 e. The van der Waals surface area contributed by atoms with E-state index < -0.39 is 30.0 Å². The molecule has 1 fully saturated rings. The Balaban J connectivity index is 2.28. The molecule has 36 heavy (non-hydrogen) atoms. The van der Waals surface area contributed by atoms with Gasteiger partial charge in [-0.2, -0.15) is 0 Å². The summed E-state index contributed by atoms with van der Waals surface area (Å²) in [4.78, 5) is 42.7. The average molecular weight is 505 g/mol. The zero-order chi connectivity index (χ0) is 26.5. The molecule has 1 aliphatic rings. The molecule has 1 aromatic heterocycles. The van der Waals surface area contributed by atoms with Crippen LogP contribution in [0.15, 0.2) is 24.4 Å². The van der Waals surface area contributed by atoms with Crippen molar-refractivity contribution >= 4 is 24.0 Å². The molecule has 1 aromatic rings. The molecule has 0 bridgehead atoms. The number of ether oxygens (including phenoxy) is 1. The maximum Gasteiger partial charge on any atom is 0.250 e. The van der Waals surface area contributed by atoms with Crippen LogP contribution in [0, 0.1) is 17.8 Å². The van der Waals surface area contributed by atoms with Gasteiger partial charge in [-0.3, -0.25) is 19.6 Å². The first kappa shape index (κ1) is 29.7. The van der Waals surface area contributed by atoms with Gasteiger partial charge in [-0.1, -0.05) is 65.4 Å². The number of carbonyl (C=O) groups excluding carboxylic acids is 3. The lowest BCUT2D eigenvalue weighted by Crippen LogP contribution is -2.55. The third-order valence-electron chi connectivity index (χ3n) is 6.80. The van der Waals surface area contributed by atoms with Crippen molar-refractivity contribution in [3.8, 4) is 0 Å². The predicted octanol–water partition coefficient (Wildman–Crippen LogP) is 4.17. The van der Waals surface area contributed by atoms with E-state index in [2.05, 4.69) is 15.6 Å². The molecule has 0 aliphatic heterocycles. The van der Waals surface area contributed by atoms with E-state index in [1.54, 1.807) is 31.3 Å². The van der Waals surface area contributed by atoms with Gasteiger partial charge in [0, 0.05) is 12.8 Å². The fraction of sp³-hybridized carbons (Fsp3) is 0.704. The number of hydrogen-bond acceptors (Lipinski definition) is 6. The molecule has 1 saturated carbocycles. The Morgan fingerprint density at radius 1 is 1.19 bits per heavy atom. The van der Waals surface area contributed by atoms with E-state index >= 15 is 0 Å². The molecular weight excluding hydrogens is 460 g/mol. The van der Waals surface area contributed by atoms with E-state index in [4.69, 9.17) is 4.74 Å². The van der Waals surface area contributed by atoms with E-state index in [1.807, 2.05) is 20.8 Å². The molecule has 3 amide bonds. The van der Waals surface area contributed by atoms with Gasteiger partial charge in [0.15, 0.2) is 0 Å². The lowest BCUT2D eigenvalue weighted by atomic mass is 9.79. The minimum atomic E-state index is -0.974. The van der Waals surface area contributed by atoms with Crippen molar-refractivity contribution in [2.75, 3.05) is 11.9 Å². The van der Waals surface area contributed by atoms with Gasteiger partial charge in [0.05, 0.1) is 18.1 Å². The monoisotopic (exact) mass is 504 g/mol. The Morgan fingerprint density at radius 2 is 1.92 bits per heavy atom. The highest BCUT2D eigenvalue weighted by Crippen LogP contribution is 2.32. The van der Waals surface area contributed by atoms with E-state index in [9.17, 15) is 19.6 Å². The molecule has 0 radical (unpaired) electrons. The van der Waals surface area contributed by atoms with Gasteiger partial charge in [-0.05, 0) is 43.7 Å². The molecule has 0 aromatic carbocycles. The highest BCUT2D eigenvalue weighted by atomic mass is 16.5. The second-order valence-corrected chi connectivity index (χ2v) is 10.3. The number of hydrogen-bond donors (Lipinski definition) is 3. The number of nitrogens with one attached hydrogen (secondary N) is 2. The molecule has 1 heterocycles.